The number of rotatable bonds is 3. The van der Waals surface area contributed by atoms with Gasteiger partial charge in [-0.3, -0.25) is 9.59 Å². The molecule has 0 aliphatic carbocycles. The van der Waals surface area contributed by atoms with Crippen molar-refractivity contribution in [1.29, 1.82) is 0 Å². The molecule has 3 heteroatoms. The van der Waals surface area contributed by atoms with Gasteiger partial charge in [0.25, 0.3) is 0 Å². The number of nitrogens with two attached hydrogens (primary N) is 1. The maximum Gasteiger partial charge on any atom is 0.241 e. The van der Waals surface area contributed by atoms with Crippen LogP contribution in [-0.4, -0.2) is 11.7 Å². The molecule has 0 unspecified atom stereocenters. The average Bonchev–Trinajstić information content (AvgIpc) is 1.58. The minimum atomic E-state index is -0.501. The Bertz CT molecular complexity index is 182. The minimum Gasteiger partial charge on any atom is -0.366 e. The molecule has 3 nitrogen and oxygen atoms in total. The van der Waals surface area contributed by atoms with Crippen molar-refractivity contribution in [2.45, 2.75) is 20.3 Å². The molecule has 0 aromatic carbocycles. The maximum absolute atomic E-state index is 10.4. The predicted molar refractivity (Wildman–Crippen MR) is 38.2 cm³/mol. The first kappa shape index (κ1) is 8.88. The molecule has 0 spiro atoms. The summed E-state index contributed by atoms with van der Waals surface area (Å²) in [7, 11) is 0. The lowest BCUT2D eigenvalue weighted by Crippen LogP contribution is -2.07. The van der Waals surface area contributed by atoms with E-state index in [1.165, 1.54) is 13.0 Å². The van der Waals surface area contributed by atoms with Gasteiger partial charge >= 0.3 is 0 Å². The number of hydrogen-bond donors (Lipinski definition) is 1. The van der Waals surface area contributed by atoms with Gasteiger partial charge in [-0.05, 0) is 13.8 Å². The number of allylic oxidation sites excluding steroid dienone is 1. The molecule has 0 bridgehead atoms. The van der Waals surface area contributed by atoms with Gasteiger partial charge in [0.1, 0.15) is 5.78 Å². The Labute approximate surface area is 59.9 Å². The van der Waals surface area contributed by atoms with Crippen LogP contribution in [0.1, 0.15) is 20.3 Å². The van der Waals surface area contributed by atoms with E-state index in [1.54, 1.807) is 6.92 Å². The summed E-state index contributed by atoms with van der Waals surface area (Å²) in [6.07, 6.45) is 1.57. The predicted octanol–water partition coefficient (Wildman–Crippen LogP) is 0.397. The Hall–Kier alpha value is -1.12. The molecule has 0 aromatic rings. The first-order valence-electron chi connectivity index (χ1n) is 2.98. The van der Waals surface area contributed by atoms with E-state index in [-0.39, 0.29) is 5.78 Å². The van der Waals surface area contributed by atoms with Crippen LogP contribution in [0.15, 0.2) is 11.6 Å². The van der Waals surface area contributed by atoms with E-state index in [0.717, 1.165) is 0 Å². The fraction of sp³-hybridized carbons (Fsp3) is 0.429. The van der Waals surface area contributed by atoms with Crippen LogP contribution >= 0.6 is 0 Å². The number of ketones is 1. The van der Waals surface area contributed by atoms with Gasteiger partial charge in [0.2, 0.25) is 5.91 Å². The van der Waals surface area contributed by atoms with Gasteiger partial charge in [-0.25, -0.2) is 0 Å². The third-order valence-corrected chi connectivity index (χ3v) is 0.916. The average molecular weight is 141 g/mol. The Morgan fingerprint density at radius 1 is 1.40 bits per heavy atom. The molecular weight excluding hydrogens is 130 g/mol. The molecular formula is C7H11NO2. The van der Waals surface area contributed by atoms with Crippen LogP contribution in [0.5, 0.6) is 0 Å². The second-order valence-corrected chi connectivity index (χ2v) is 2.27. The van der Waals surface area contributed by atoms with Gasteiger partial charge in [0.15, 0.2) is 0 Å². The van der Waals surface area contributed by atoms with E-state index in [4.69, 9.17) is 5.73 Å². The number of carbonyl (C=O) groups is 2. The fourth-order valence-electron chi connectivity index (χ4n) is 0.687. The van der Waals surface area contributed by atoms with Crippen molar-refractivity contribution in [2.24, 2.45) is 5.73 Å². The number of primary amides is 1. The molecule has 0 fully saturated rings. The summed E-state index contributed by atoms with van der Waals surface area (Å²) in [5, 5.41) is 0. The zero-order valence-corrected chi connectivity index (χ0v) is 6.18. The summed E-state index contributed by atoms with van der Waals surface area (Å²) in [5.74, 6) is -0.464. The van der Waals surface area contributed by atoms with Crippen molar-refractivity contribution in [3.8, 4) is 0 Å². The topological polar surface area (TPSA) is 60.2 Å². The van der Waals surface area contributed by atoms with Gasteiger partial charge in [-0.15, -0.1) is 0 Å². The number of carbonyl (C=O) groups excluding carboxylic acids is 2. The highest BCUT2D eigenvalue weighted by Crippen LogP contribution is 1.98. The smallest absolute Gasteiger partial charge is 0.241 e. The summed E-state index contributed by atoms with van der Waals surface area (Å²) >= 11 is 0. The first-order chi connectivity index (χ1) is 4.52. The summed E-state index contributed by atoms with van der Waals surface area (Å²) in [5.41, 5.74) is 5.55. The molecule has 0 aromatic heterocycles. The zero-order chi connectivity index (χ0) is 8.15. The Morgan fingerprint density at radius 2 is 1.90 bits per heavy atom. The highest BCUT2D eigenvalue weighted by molar-refractivity contribution is 5.88. The van der Waals surface area contributed by atoms with Crippen molar-refractivity contribution >= 4 is 11.7 Å². The van der Waals surface area contributed by atoms with Crippen LogP contribution < -0.4 is 5.73 Å². The second kappa shape index (κ2) is 3.82. The highest BCUT2D eigenvalue weighted by Gasteiger charge is 1.95. The van der Waals surface area contributed by atoms with E-state index >= 15 is 0 Å². The second-order valence-electron chi connectivity index (χ2n) is 2.27. The van der Waals surface area contributed by atoms with Gasteiger partial charge in [0.05, 0.1) is 0 Å². The first-order valence-corrected chi connectivity index (χ1v) is 2.98. The third kappa shape index (κ3) is 5.03. The number of amides is 1. The number of Topliss-reactive ketones (excluding diaryl/α,β-unsaturated/α-hetero) is 1. The molecule has 0 atom stereocenters. The highest BCUT2D eigenvalue weighted by atomic mass is 16.1. The molecule has 0 heterocycles. The number of hydrogen-bond acceptors (Lipinski definition) is 2. The summed E-state index contributed by atoms with van der Waals surface area (Å²) in [6.45, 7) is 3.17. The van der Waals surface area contributed by atoms with Crippen LogP contribution in [0.3, 0.4) is 0 Å². The lowest BCUT2D eigenvalue weighted by molar-refractivity contribution is -0.116. The lowest BCUT2D eigenvalue weighted by Gasteiger charge is -1.92. The lowest BCUT2D eigenvalue weighted by atomic mass is 10.1. The summed E-state index contributed by atoms with van der Waals surface area (Å²) in [4.78, 5) is 20.7. The summed E-state index contributed by atoms with van der Waals surface area (Å²) < 4.78 is 0. The standard InChI is InChI=1S/C7H11NO2/c1-5(3-6(2)9)4-7(8)10/h4H,3H2,1-2H3,(H2,8,10)/b5-4-. The van der Waals surface area contributed by atoms with Crippen LogP contribution in [-0.2, 0) is 9.59 Å². The van der Waals surface area contributed by atoms with E-state index in [0.29, 0.717) is 12.0 Å². The Balaban J connectivity index is 3.95. The van der Waals surface area contributed by atoms with E-state index in [9.17, 15) is 9.59 Å². The quantitative estimate of drug-likeness (QED) is 0.578. The van der Waals surface area contributed by atoms with E-state index in [2.05, 4.69) is 0 Å². The largest absolute Gasteiger partial charge is 0.366 e. The van der Waals surface area contributed by atoms with E-state index < -0.39 is 5.91 Å². The van der Waals surface area contributed by atoms with Gasteiger partial charge in [0, 0.05) is 12.5 Å². The minimum absolute atomic E-state index is 0.0370. The van der Waals surface area contributed by atoms with Gasteiger partial charge < -0.3 is 5.73 Å². The molecule has 0 rings (SSSR count). The molecule has 0 aliphatic heterocycles. The van der Waals surface area contributed by atoms with Crippen molar-refractivity contribution in [3.05, 3.63) is 11.6 Å². The molecule has 56 valence electrons. The van der Waals surface area contributed by atoms with Gasteiger partial charge in [-0.1, -0.05) is 5.57 Å². The van der Waals surface area contributed by atoms with Crippen LogP contribution in [0.2, 0.25) is 0 Å². The zero-order valence-electron chi connectivity index (χ0n) is 6.18. The van der Waals surface area contributed by atoms with Crippen LogP contribution in [0.25, 0.3) is 0 Å². The van der Waals surface area contributed by atoms with Crippen molar-refractivity contribution in [2.75, 3.05) is 0 Å². The maximum atomic E-state index is 10.4. The molecule has 0 saturated carbocycles. The normalized spacial score (nSPS) is 11.2. The SMILES string of the molecule is CC(=O)C/C(C)=C\C(N)=O. The van der Waals surface area contributed by atoms with E-state index in [1.807, 2.05) is 0 Å². The molecule has 0 saturated heterocycles. The molecule has 0 aliphatic rings. The molecule has 2 N–H and O–H groups in total. The van der Waals surface area contributed by atoms with Crippen LogP contribution in [0.4, 0.5) is 0 Å². The summed E-state index contributed by atoms with van der Waals surface area (Å²) in [6, 6.07) is 0. The van der Waals surface area contributed by atoms with Crippen molar-refractivity contribution < 1.29 is 9.59 Å². The van der Waals surface area contributed by atoms with Gasteiger partial charge in [-0.2, -0.15) is 0 Å². The Kier molecular flexibility index (Phi) is 3.39. The van der Waals surface area contributed by atoms with Crippen molar-refractivity contribution in [3.63, 3.8) is 0 Å². The van der Waals surface area contributed by atoms with Crippen molar-refractivity contribution in [1.82, 2.24) is 0 Å². The monoisotopic (exact) mass is 141 g/mol. The molecule has 0 radical (unpaired) electrons. The fourth-order valence-corrected chi connectivity index (χ4v) is 0.687. The Morgan fingerprint density at radius 3 is 2.20 bits per heavy atom. The van der Waals surface area contributed by atoms with Crippen LogP contribution in [0, 0.1) is 0 Å². The molecule has 1 amide bonds. The third-order valence-electron chi connectivity index (χ3n) is 0.916. The molecule has 10 heavy (non-hydrogen) atoms.